The number of halogens is 1. The average Bonchev–Trinajstić information content (AvgIpc) is 1.95. The summed E-state index contributed by atoms with van der Waals surface area (Å²) >= 11 is 0. The molecule has 1 atom stereocenters. The summed E-state index contributed by atoms with van der Waals surface area (Å²) in [4.78, 5) is 3.91. The molecule has 3 nitrogen and oxygen atoms in total. The zero-order valence-corrected chi connectivity index (χ0v) is 8.01. The van der Waals surface area contributed by atoms with Gasteiger partial charge in [-0.1, -0.05) is 0 Å². The van der Waals surface area contributed by atoms with Crippen LogP contribution in [0.4, 0.5) is 4.39 Å². The minimum absolute atomic E-state index is 0.183. The first-order valence-corrected chi connectivity index (χ1v) is 5.36. The molecule has 1 aliphatic heterocycles. The van der Waals surface area contributed by atoms with Crippen LogP contribution in [-0.4, -0.2) is 38.5 Å². The Hall–Kier alpha value is -0.130. The van der Waals surface area contributed by atoms with Gasteiger partial charge in [-0.05, 0) is 13.8 Å². The molecule has 2 N–H and O–H groups in total. The van der Waals surface area contributed by atoms with E-state index in [2.05, 4.69) is 4.99 Å². The lowest BCUT2D eigenvalue weighted by Crippen LogP contribution is -2.42. The van der Waals surface area contributed by atoms with E-state index in [4.69, 9.17) is 0 Å². The molecule has 72 valence electrons. The normalized spacial score (nSPS) is 34.6. The van der Waals surface area contributed by atoms with Crippen molar-refractivity contribution in [3.8, 4) is 0 Å². The van der Waals surface area contributed by atoms with Crippen LogP contribution in [0.5, 0.6) is 0 Å². The largest absolute Gasteiger partial charge is 0.298 e. The summed E-state index contributed by atoms with van der Waals surface area (Å²) < 4.78 is 30.9. The molecule has 0 saturated carbocycles. The molecule has 0 spiro atoms. The Morgan fingerprint density at radius 2 is 2.25 bits per heavy atom. The molecule has 0 amide bonds. The van der Waals surface area contributed by atoms with Crippen LogP contribution in [0.25, 0.3) is 0 Å². The molecular weight excluding hydrogens is 181 g/mol. The lowest BCUT2D eigenvalue weighted by atomic mass is 10.2. The first-order valence-electron chi connectivity index (χ1n) is 3.75. The van der Waals surface area contributed by atoms with Gasteiger partial charge in [0, 0.05) is 6.21 Å². The highest BCUT2D eigenvalue weighted by Crippen LogP contribution is 2.56. The first kappa shape index (κ1) is 9.95. The van der Waals surface area contributed by atoms with Crippen LogP contribution >= 0.6 is 10.6 Å². The van der Waals surface area contributed by atoms with Gasteiger partial charge in [-0.25, -0.2) is 4.39 Å². The fraction of sp³-hybridized carbons (Fsp3) is 0.857. The van der Waals surface area contributed by atoms with Crippen molar-refractivity contribution in [3.63, 3.8) is 0 Å². The molecule has 1 unspecified atom stereocenters. The van der Waals surface area contributed by atoms with E-state index in [0.717, 1.165) is 0 Å². The fourth-order valence-corrected chi connectivity index (χ4v) is 2.70. The van der Waals surface area contributed by atoms with Gasteiger partial charge in [0.2, 0.25) is 0 Å². The van der Waals surface area contributed by atoms with Crippen molar-refractivity contribution in [3.05, 3.63) is 0 Å². The van der Waals surface area contributed by atoms with E-state index in [0.29, 0.717) is 0 Å². The molecule has 0 bridgehead atoms. The first-order chi connectivity index (χ1) is 5.42. The van der Waals surface area contributed by atoms with E-state index in [9.17, 15) is 13.5 Å². The third-order valence-electron chi connectivity index (χ3n) is 2.12. The second-order valence-electron chi connectivity index (χ2n) is 3.47. The zero-order valence-electron chi connectivity index (χ0n) is 7.20. The number of rotatable bonds is 1. The SMILES string of the molecule is CC1(C)C=NCC(CF)S1(O)O. The van der Waals surface area contributed by atoms with Gasteiger partial charge in [0.05, 0.1) is 16.5 Å². The van der Waals surface area contributed by atoms with Crippen LogP contribution in [0.2, 0.25) is 0 Å². The quantitative estimate of drug-likeness (QED) is 0.671. The van der Waals surface area contributed by atoms with Crippen molar-refractivity contribution in [2.24, 2.45) is 4.99 Å². The molecule has 1 rings (SSSR count). The minimum Gasteiger partial charge on any atom is -0.298 e. The van der Waals surface area contributed by atoms with Crippen molar-refractivity contribution in [1.29, 1.82) is 0 Å². The molecule has 0 fully saturated rings. The number of alkyl halides is 1. The molecule has 0 radical (unpaired) electrons. The monoisotopic (exact) mass is 195 g/mol. The molecule has 5 heteroatoms. The molecule has 0 saturated heterocycles. The summed E-state index contributed by atoms with van der Waals surface area (Å²) in [5, 5.41) is -0.725. The summed E-state index contributed by atoms with van der Waals surface area (Å²) in [5.74, 6) is 0. The number of hydrogen-bond donors (Lipinski definition) is 2. The molecule has 0 aliphatic carbocycles. The van der Waals surface area contributed by atoms with Gasteiger partial charge in [-0.2, -0.15) is 10.6 Å². The maximum absolute atomic E-state index is 12.3. The van der Waals surface area contributed by atoms with E-state index in [1.165, 1.54) is 6.21 Å². The summed E-state index contributed by atoms with van der Waals surface area (Å²) in [6.45, 7) is 2.78. The van der Waals surface area contributed by atoms with Gasteiger partial charge < -0.3 is 0 Å². The van der Waals surface area contributed by atoms with Crippen LogP contribution in [0.15, 0.2) is 4.99 Å². The third kappa shape index (κ3) is 1.36. The Kier molecular flexibility index (Phi) is 2.47. The molecule has 0 aromatic carbocycles. The van der Waals surface area contributed by atoms with Crippen molar-refractivity contribution < 1.29 is 13.5 Å². The summed E-state index contributed by atoms with van der Waals surface area (Å²) in [6, 6.07) is 0. The molecular formula is C7H14FNO2S. The Morgan fingerprint density at radius 1 is 1.67 bits per heavy atom. The van der Waals surface area contributed by atoms with Gasteiger partial charge in [-0.15, -0.1) is 0 Å². The van der Waals surface area contributed by atoms with Gasteiger partial charge in [0.15, 0.2) is 0 Å². The summed E-state index contributed by atoms with van der Waals surface area (Å²) in [5.41, 5.74) is 0. The predicted octanol–water partition coefficient (Wildman–Crippen LogP) is 1.94. The van der Waals surface area contributed by atoms with Crippen LogP contribution in [0.3, 0.4) is 0 Å². The summed E-state index contributed by atoms with van der Waals surface area (Å²) in [6.07, 6.45) is 1.51. The summed E-state index contributed by atoms with van der Waals surface area (Å²) in [7, 11) is -2.88. The maximum Gasteiger partial charge on any atom is 0.111 e. The van der Waals surface area contributed by atoms with Crippen LogP contribution in [0, 0.1) is 0 Å². The van der Waals surface area contributed by atoms with Gasteiger partial charge in [-0.3, -0.25) is 14.1 Å². The Balaban J connectivity index is 2.95. The standard InChI is InChI=1S/C7H14FNO2S/c1-7(2)5-9-4-6(3-8)12(7,10)11/h5-6,10-11H,3-4H2,1-2H3. The Morgan fingerprint density at radius 3 is 2.67 bits per heavy atom. The second-order valence-corrected chi connectivity index (χ2v) is 6.37. The number of hydrogen-bond acceptors (Lipinski definition) is 3. The van der Waals surface area contributed by atoms with E-state index in [1.54, 1.807) is 13.8 Å². The third-order valence-corrected chi connectivity index (χ3v) is 4.98. The van der Waals surface area contributed by atoms with Gasteiger partial charge in [0.1, 0.15) is 6.67 Å². The molecule has 1 aliphatic rings. The second kappa shape index (κ2) is 2.97. The van der Waals surface area contributed by atoms with Crippen molar-refractivity contribution in [2.45, 2.75) is 23.8 Å². The molecule has 0 aromatic rings. The average molecular weight is 195 g/mol. The van der Waals surface area contributed by atoms with Crippen molar-refractivity contribution in [2.75, 3.05) is 13.2 Å². The van der Waals surface area contributed by atoms with E-state index >= 15 is 0 Å². The van der Waals surface area contributed by atoms with Crippen LogP contribution in [-0.2, 0) is 0 Å². The fourth-order valence-electron chi connectivity index (χ4n) is 1.14. The van der Waals surface area contributed by atoms with Crippen LogP contribution < -0.4 is 0 Å². The Labute approximate surface area is 73.0 Å². The lowest BCUT2D eigenvalue weighted by Gasteiger charge is -2.50. The highest BCUT2D eigenvalue weighted by molar-refractivity contribution is 8.26. The molecule has 1 heterocycles. The van der Waals surface area contributed by atoms with E-state index in [-0.39, 0.29) is 6.54 Å². The van der Waals surface area contributed by atoms with Crippen molar-refractivity contribution in [1.82, 2.24) is 0 Å². The maximum atomic E-state index is 12.3. The van der Waals surface area contributed by atoms with Gasteiger partial charge in [0.25, 0.3) is 0 Å². The van der Waals surface area contributed by atoms with Crippen molar-refractivity contribution >= 4 is 16.8 Å². The highest BCUT2D eigenvalue weighted by atomic mass is 32.3. The molecule has 12 heavy (non-hydrogen) atoms. The van der Waals surface area contributed by atoms with Gasteiger partial charge >= 0.3 is 0 Å². The Bertz CT molecular complexity index is 206. The number of nitrogens with zero attached hydrogens (tertiary/aromatic N) is 1. The molecule has 0 aromatic heterocycles. The van der Waals surface area contributed by atoms with E-state index < -0.39 is 27.3 Å². The van der Waals surface area contributed by atoms with Crippen LogP contribution in [0.1, 0.15) is 13.8 Å². The predicted molar refractivity (Wildman–Crippen MR) is 50.0 cm³/mol. The highest BCUT2D eigenvalue weighted by Gasteiger charge is 2.41. The lowest BCUT2D eigenvalue weighted by molar-refractivity contribution is 0.406. The minimum atomic E-state index is -2.88. The number of aliphatic imine (C=N–C) groups is 1. The topological polar surface area (TPSA) is 52.8 Å². The zero-order chi connectivity index (χ0) is 9.41. The smallest absolute Gasteiger partial charge is 0.111 e. The van der Waals surface area contributed by atoms with E-state index in [1.807, 2.05) is 0 Å².